The number of anilines is 3. The molecule has 5 heteroatoms. The lowest BCUT2D eigenvalue weighted by Gasteiger charge is -2.24. The van der Waals surface area contributed by atoms with Crippen LogP contribution in [0, 0.1) is 11.8 Å². The van der Waals surface area contributed by atoms with Crippen molar-refractivity contribution in [3.8, 4) is 0 Å². The van der Waals surface area contributed by atoms with Gasteiger partial charge >= 0.3 is 5.97 Å². The Balaban J connectivity index is 1.97. The number of esters is 1. The van der Waals surface area contributed by atoms with E-state index in [4.69, 9.17) is 10.5 Å². The molecule has 0 spiro atoms. The molecule has 2 atom stereocenters. The van der Waals surface area contributed by atoms with Gasteiger partial charge in [0.25, 0.3) is 0 Å². The van der Waals surface area contributed by atoms with Crippen molar-refractivity contribution in [2.75, 3.05) is 42.7 Å². The standard InChI is InChI=1S/C15H21N3O2/c1-3-20-15(19)11-5-12(16)13(17-2)6-14(11)18-7-9-4-10(9)8-18/h5-6,9-10,17H,3-4,7-8,16H2,1-2H3. The van der Waals surface area contributed by atoms with Crippen LogP contribution in [0.1, 0.15) is 23.7 Å². The predicted molar refractivity (Wildman–Crippen MR) is 80.2 cm³/mol. The second kappa shape index (κ2) is 4.89. The van der Waals surface area contributed by atoms with Crippen LogP contribution in [-0.2, 0) is 4.74 Å². The second-order valence-corrected chi connectivity index (χ2v) is 5.59. The Bertz CT molecular complexity index is 534. The van der Waals surface area contributed by atoms with Crippen molar-refractivity contribution in [3.63, 3.8) is 0 Å². The van der Waals surface area contributed by atoms with E-state index in [0.29, 0.717) is 17.9 Å². The quantitative estimate of drug-likeness (QED) is 0.649. The number of rotatable bonds is 4. The van der Waals surface area contributed by atoms with Gasteiger partial charge in [0.05, 0.1) is 29.2 Å². The highest BCUT2D eigenvalue weighted by molar-refractivity contribution is 5.99. The summed E-state index contributed by atoms with van der Waals surface area (Å²) < 4.78 is 5.15. The molecule has 0 amide bonds. The van der Waals surface area contributed by atoms with Crippen molar-refractivity contribution in [1.82, 2.24) is 0 Å². The minimum atomic E-state index is -0.294. The zero-order valence-corrected chi connectivity index (χ0v) is 12.0. The number of carbonyl (C=O) groups excluding carboxylic acids is 1. The summed E-state index contributed by atoms with van der Waals surface area (Å²) in [5, 5.41) is 3.08. The van der Waals surface area contributed by atoms with Crippen molar-refractivity contribution >= 4 is 23.0 Å². The van der Waals surface area contributed by atoms with Crippen molar-refractivity contribution in [2.24, 2.45) is 11.8 Å². The molecule has 0 aromatic heterocycles. The SMILES string of the molecule is CCOC(=O)c1cc(N)c(NC)cc1N1CC2CC2C1. The number of nitrogens with two attached hydrogens (primary N) is 1. The van der Waals surface area contributed by atoms with Gasteiger partial charge in [-0.3, -0.25) is 0 Å². The van der Waals surface area contributed by atoms with Crippen molar-refractivity contribution in [1.29, 1.82) is 0 Å². The summed E-state index contributed by atoms with van der Waals surface area (Å²) in [6.45, 7) is 4.25. The van der Waals surface area contributed by atoms with Gasteiger partial charge in [-0.25, -0.2) is 4.79 Å². The van der Waals surface area contributed by atoms with Gasteiger partial charge in [-0.05, 0) is 37.3 Å². The first-order valence-electron chi connectivity index (χ1n) is 7.17. The number of hydrogen-bond donors (Lipinski definition) is 2. The average molecular weight is 275 g/mol. The maximum absolute atomic E-state index is 12.1. The Morgan fingerprint density at radius 3 is 2.75 bits per heavy atom. The fourth-order valence-electron chi connectivity index (χ4n) is 3.05. The number of ether oxygens (including phenoxy) is 1. The molecule has 20 heavy (non-hydrogen) atoms. The highest BCUT2D eigenvalue weighted by Crippen LogP contribution is 2.47. The molecular formula is C15H21N3O2. The van der Waals surface area contributed by atoms with Crippen LogP contribution >= 0.6 is 0 Å². The number of nitrogens with zero attached hydrogens (tertiary/aromatic N) is 1. The first-order chi connectivity index (χ1) is 9.63. The summed E-state index contributed by atoms with van der Waals surface area (Å²) in [6.07, 6.45) is 1.33. The lowest BCUT2D eigenvalue weighted by Crippen LogP contribution is -2.25. The number of hydrogen-bond acceptors (Lipinski definition) is 5. The number of benzene rings is 1. The summed E-state index contributed by atoms with van der Waals surface area (Å²) in [4.78, 5) is 14.4. The number of piperidine rings is 1. The van der Waals surface area contributed by atoms with E-state index < -0.39 is 0 Å². The van der Waals surface area contributed by atoms with E-state index in [1.54, 1.807) is 6.07 Å². The van der Waals surface area contributed by atoms with Crippen LogP contribution in [0.15, 0.2) is 12.1 Å². The third-order valence-electron chi connectivity index (χ3n) is 4.25. The minimum Gasteiger partial charge on any atom is -0.462 e. The van der Waals surface area contributed by atoms with E-state index >= 15 is 0 Å². The molecule has 0 radical (unpaired) electrons. The Morgan fingerprint density at radius 1 is 1.45 bits per heavy atom. The van der Waals surface area contributed by atoms with E-state index in [9.17, 15) is 4.79 Å². The average Bonchev–Trinajstić information content (AvgIpc) is 3.05. The number of nitrogen functional groups attached to an aromatic ring is 1. The van der Waals surface area contributed by atoms with E-state index in [0.717, 1.165) is 36.3 Å². The first kappa shape index (κ1) is 13.1. The molecule has 5 nitrogen and oxygen atoms in total. The zero-order valence-electron chi connectivity index (χ0n) is 12.0. The molecule has 3 rings (SSSR count). The van der Waals surface area contributed by atoms with Crippen molar-refractivity contribution in [2.45, 2.75) is 13.3 Å². The van der Waals surface area contributed by atoms with E-state index in [1.165, 1.54) is 6.42 Å². The number of fused-ring (bicyclic) bond motifs is 1. The van der Waals surface area contributed by atoms with Crippen LogP contribution in [0.4, 0.5) is 17.1 Å². The Hall–Kier alpha value is -1.91. The predicted octanol–water partition coefficient (Wildman–Crippen LogP) is 1.94. The molecule has 1 aromatic rings. The molecule has 2 fully saturated rings. The molecular weight excluding hydrogens is 254 g/mol. The maximum atomic E-state index is 12.1. The molecule has 1 saturated carbocycles. The lowest BCUT2D eigenvalue weighted by molar-refractivity contribution is 0.0527. The Morgan fingerprint density at radius 2 is 2.15 bits per heavy atom. The van der Waals surface area contributed by atoms with Crippen LogP contribution in [0.25, 0.3) is 0 Å². The van der Waals surface area contributed by atoms with Gasteiger partial charge < -0.3 is 20.7 Å². The molecule has 0 bridgehead atoms. The van der Waals surface area contributed by atoms with E-state index in [1.807, 2.05) is 20.0 Å². The van der Waals surface area contributed by atoms with Gasteiger partial charge in [-0.1, -0.05) is 0 Å². The summed E-state index contributed by atoms with van der Waals surface area (Å²) in [5.41, 5.74) is 8.92. The van der Waals surface area contributed by atoms with Gasteiger partial charge in [0, 0.05) is 20.1 Å². The topological polar surface area (TPSA) is 67.6 Å². The van der Waals surface area contributed by atoms with Crippen LogP contribution in [0.2, 0.25) is 0 Å². The zero-order chi connectivity index (χ0) is 14.3. The Labute approximate surface area is 119 Å². The molecule has 1 heterocycles. The number of nitrogens with one attached hydrogen (secondary N) is 1. The van der Waals surface area contributed by atoms with Gasteiger partial charge in [0.1, 0.15) is 0 Å². The van der Waals surface area contributed by atoms with Gasteiger partial charge in [0.2, 0.25) is 0 Å². The molecule has 108 valence electrons. The third kappa shape index (κ3) is 2.17. The van der Waals surface area contributed by atoms with Crippen LogP contribution in [0.3, 0.4) is 0 Å². The molecule has 2 aliphatic rings. The second-order valence-electron chi connectivity index (χ2n) is 5.59. The minimum absolute atomic E-state index is 0.294. The van der Waals surface area contributed by atoms with Crippen molar-refractivity contribution in [3.05, 3.63) is 17.7 Å². The first-order valence-corrected chi connectivity index (χ1v) is 7.17. The fraction of sp³-hybridized carbons (Fsp3) is 0.533. The van der Waals surface area contributed by atoms with Crippen LogP contribution < -0.4 is 16.0 Å². The van der Waals surface area contributed by atoms with E-state index in [-0.39, 0.29) is 5.97 Å². The molecule has 3 N–H and O–H groups in total. The molecule has 1 aliphatic carbocycles. The van der Waals surface area contributed by atoms with Gasteiger partial charge in [-0.2, -0.15) is 0 Å². The maximum Gasteiger partial charge on any atom is 0.340 e. The summed E-state index contributed by atoms with van der Waals surface area (Å²) >= 11 is 0. The van der Waals surface area contributed by atoms with E-state index in [2.05, 4.69) is 10.2 Å². The fourth-order valence-corrected chi connectivity index (χ4v) is 3.05. The highest BCUT2D eigenvalue weighted by atomic mass is 16.5. The largest absolute Gasteiger partial charge is 0.462 e. The normalized spacial score (nSPS) is 23.4. The van der Waals surface area contributed by atoms with Gasteiger partial charge in [0.15, 0.2) is 0 Å². The van der Waals surface area contributed by atoms with Crippen LogP contribution in [0.5, 0.6) is 0 Å². The lowest BCUT2D eigenvalue weighted by atomic mass is 10.1. The third-order valence-corrected chi connectivity index (χ3v) is 4.25. The highest BCUT2D eigenvalue weighted by Gasteiger charge is 2.45. The van der Waals surface area contributed by atoms with Crippen molar-refractivity contribution < 1.29 is 9.53 Å². The summed E-state index contributed by atoms with van der Waals surface area (Å²) in [5.74, 6) is 1.32. The number of carbonyl (C=O) groups is 1. The smallest absolute Gasteiger partial charge is 0.340 e. The molecule has 1 aliphatic heterocycles. The molecule has 1 aromatic carbocycles. The van der Waals surface area contributed by atoms with Gasteiger partial charge in [-0.15, -0.1) is 0 Å². The molecule has 1 saturated heterocycles. The summed E-state index contributed by atoms with van der Waals surface area (Å²) in [7, 11) is 1.83. The monoisotopic (exact) mass is 275 g/mol. The van der Waals surface area contributed by atoms with Crippen LogP contribution in [-0.4, -0.2) is 32.7 Å². The summed E-state index contributed by atoms with van der Waals surface area (Å²) in [6, 6.07) is 3.69. The molecule has 2 unspecified atom stereocenters. The Kier molecular flexibility index (Phi) is 3.20.